The maximum absolute atomic E-state index is 12.3. The Morgan fingerprint density at radius 3 is 2.56 bits per heavy atom. The molecule has 1 aromatic carbocycles. The lowest BCUT2D eigenvalue weighted by molar-refractivity contribution is -0.125. The van der Waals surface area contributed by atoms with Gasteiger partial charge in [-0.25, -0.2) is 4.98 Å². The van der Waals surface area contributed by atoms with Gasteiger partial charge in [0.05, 0.1) is 5.69 Å². The molecular formula is C25H30N4O3. The number of nitrogens with one attached hydrogen (secondary N) is 2. The molecule has 1 fully saturated rings. The van der Waals surface area contributed by atoms with E-state index in [0.29, 0.717) is 31.0 Å². The summed E-state index contributed by atoms with van der Waals surface area (Å²) in [6.07, 6.45) is 9.36. The number of hydrogen-bond acceptors (Lipinski definition) is 4. The molecule has 1 aliphatic carbocycles. The van der Waals surface area contributed by atoms with Crippen LogP contribution < -0.4 is 15.4 Å². The van der Waals surface area contributed by atoms with Crippen LogP contribution in [0.4, 0.5) is 0 Å². The Bertz CT molecular complexity index is 1070. The van der Waals surface area contributed by atoms with Crippen LogP contribution in [0.5, 0.6) is 5.75 Å². The van der Waals surface area contributed by atoms with Crippen molar-refractivity contribution >= 4 is 17.5 Å². The first kappa shape index (κ1) is 21.9. The molecule has 2 heterocycles. The second-order valence-corrected chi connectivity index (χ2v) is 8.35. The molecule has 0 spiro atoms. The van der Waals surface area contributed by atoms with Crippen molar-refractivity contribution in [3.63, 3.8) is 0 Å². The Balaban J connectivity index is 1.20. The predicted molar refractivity (Wildman–Crippen MR) is 123 cm³/mol. The summed E-state index contributed by atoms with van der Waals surface area (Å²) in [5.41, 5.74) is 3.44. The Morgan fingerprint density at radius 2 is 1.81 bits per heavy atom. The fourth-order valence-corrected chi connectivity index (χ4v) is 4.11. The van der Waals surface area contributed by atoms with Crippen molar-refractivity contribution in [2.75, 3.05) is 13.1 Å². The molecular weight excluding hydrogens is 404 g/mol. The largest absolute Gasteiger partial charge is 0.487 e. The van der Waals surface area contributed by atoms with Crippen LogP contribution in [-0.4, -0.2) is 34.3 Å². The van der Waals surface area contributed by atoms with Gasteiger partial charge in [-0.05, 0) is 55.7 Å². The minimum Gasteiger partial charge on any atom is -0.487 e. The zero-order valence-electron chi connectivity index (χ0n) is 18.5. The van der Waals surface area contributed by atoms with E-state index in [9.17, 15) is 9.59 Å². The third-order valence-corrected chi connectivity index (χ3v) is 5.92. The fourth-order valence-electron chi connectivity index (χ4n) is 4.11. The van der Waals surface area contributed by atoms with E-state index in [0.717, 1.165) is 42.6 Å². The van der Waals surface area contributed by atoms with E-state index in [4.69, 9.17) is 4.74 Å². The van der Waals surface area contributed by atoms with Gasteiger partial charge in [-0.3, -0.25) is 9.59 Å². The van der Waals surface area contributed by atoms with Crippen LogP contribution in [0, 0.1) is 12.8 Å². The molecule has 7 nitrogen and oxygen atoms in total. The van der Waals surface area contributed by atoms with E-state index in [-0.39, 0.29) is 17.7 Å². The molecule has 2 amide bonds. The molecule has 0 bridgehead atoms. The second kappa shape index (κ2) is 10.3. The summed E-state index contributed by atoms with van der Waals surface area (Å²) in [6, 6.07) is 11.0. The molecule has 4 rings (SSSR count). The number of pyridine rings is 1. The molecule has 32 heavy (non-hydrogen) atoms. The summed E-state index contributed by atoms with van der Waals surface area (Å²) in [5, 5.41) is 5.78. The number of rotatable bonds is 8. The van der Waals surface area contributed by atoms with Crippen molar-refractivity contribution in [3.8, 4) is 5.75 Å². The molecule has 0 saturated heterocycles. The number of hydrogen-bond donors (Lipinski definition) is 2. The van der Waals surface area contributed by atoms with Gasteiger partial charge in [-0.1, -0.05) is 25.3 Å². The molecule has 0 atom stereocenters. The first-order chi connectivity index (χ1) is 15.6. The third kappa shape index (κ3) is 5.46. The summed E-state index contributed by atoms with van der Waals surface area (Å²) in [6.45, 7) is 3.23. The lowest BCUT2D eigenvalue weighted by Gasteiger charge is -2.20. The van der Waals surface area contributed by atoms with Gasteiger partial charge < -0.3 is 19.8 Å². The minimum atomic E-state index is -0.167. The summed E-state index contributed by atoms with van der Waals surface area (Å²) in [7, 11) is 0. The molecule has 1 saturated carbocycles. The SMILES string of the molecule is Cc1cccn2cc(COc3ccc(C(=O)NCCNC(=O)C4CCCCC4)cc3)nc12. The van der Waals surface area contributed by atoms with E-state index in [1.54, 1.807) is 24.3 Å². The van der Waals surface area contributed by atoms with Crippen molar-refractivity contribution in [2.24, 2.45) is 5.92 Å². The summed E-state index contributed by atoms with van der Waals surface area (Å²) < 4.78 is 7.81. The third-order valence-electron chi connectivity index (χ3n) is 5.92. The van der Waals surface area contributed by atoms with E-state index in [1.165, 1.54) is 6.42 Å². The van der Waals surface area contributed by atoms with Crippen molar-refractivity contribution in [1.29, 1.82) is 0 Å². The summed E-state index contributed by atoms with van der Waals surface area (Å²) >= 11 is 0. The van der Waals surface area contributed by atoms with Gasteiger partial charge in [0.15, 0.2) is 0 Å². The molecule has 0 radical (unpaired) electrons. The van der Waals surface area contributed by atoms with Crippen LogP contribution in [0.25, 0.3) is 5.65 Å². The van der Waals surface area contributed by atoms with Gasteiger partial charge in [0.2, 0.25) is 5.91 Å². The number of nitrogens with zero attached hydrogens (tertiary/aromatic N) is 2. The predicted octanol–water partition coefficient (Wildman–Crippen LogP) is 3.65. The lowest BCUT2D eigenvalue weighted by Crippen LogP contribution is -2.38. The van der Waals surface area contributed by atoms with Gasteiger partial charge in [0.1, 0.15) is 18.0 Å². The number of imidazole rings is 1. The smallest absolute Gasteiger partial charge is 0.251 e. The first-order valence-corrected chi connectivity index (χ1v) is 11.3. The average Bonchev–Trinajstić information content (AvgIpc) is 3.26. The normalized spacial score (nSPS) is 14.3. The van der Waals surface area contributed by atoms with Crippen LogP contribution >= 0.6 is 0 Å². The minimum absolute atomic E-state index is 0.112. The molecule has 3 aromatic rings. The molecule has 168 valence electrons. The number of carbonyl (C=O) groups is 2. The van der Waals surface area contributed by atoms with E-state index in [1.807, 2.05) is 35.9 Å². The zero-order chi connectivity index (χ0) is 22.3. The fraction of sp³-hybridized carbons (Fsp3) is 0.400. The number of benzene rings is 1. The maximum Gasteiger partial charge on any atom is 0.251 e. The topological polar surface area (TPSA) is 84.7 Å². The molecule has 1 aliphatic rings. The van der Waals surface area contributed by atoms with E-state index >= 15 is 0 Å². The highest BCUT2D eigenvalue weighted by atomic mass is 16.5. The number of ether oxygens (including phenoxy) is 1. The Hall–Kier alpha value is -3.35. The highest BCUT2D eigenvalue weighted by Gasteiger charge is 2.20. The number of aryl methyl sites for hydroxylation is 1. The van der Waals surface area contributed by atoms with E-state index < -0.39 is 0 Å². The van der Waals surface area contributed by atoms with Crippen molar-refractivity contribution < 1.29 is 14.3 Å². The van der Waals surface area contributed by atoms with Crippen LogP contribution in [0.15, 0.2) is 48.8 Å². The summed E-state index contributed by atoms with van der Waals surface area (Å²) in [5.74, 6) is 0.757. The Morgan fingerprint density at radius 1 is 1.06 bits per heavy atom. The first-order valence-electron chi connectivity index (χ1n) is 11.3. The highest BCUT2D eigenvalue weighted by molar-refractivity contribution is 5.94. The van der Waals surface area contributed by atoms with Crippen LogP contribution in [0.3, 0.4) is 0 Å². The number of aromatic nitrogens is 2. The van der Waals surface area contributed by atoms with Crippen molar-refractivity contribution in [3.05, 3.63) is 65.6 Å². The lowest BCUT2D eigenvalue weighted by atomic mass is 9.89. The van der Waals surface area contributed by atoms with Crippen LogP contribution in [0.2, 0.25) is 0 Å². The molecule has 0 unspecified atom stereocenters. The van der Waals surface area contributed by atoms with Crippen molar-refractivity contribution in [1.82, 2.24) is 20.0 Å². The number of carbonyl (C=O) groups excluding carboxylic acids is 2. The van der Waals surface area contributed by atoms with Gasteiger partial charge in [-0.15, -0.1) is 0 Å². The number of fused-ring (bicyclic) bond motifs is 1. The molecule has 7 heteroatoms. The Kier molecular flexibility index (Phi) is 7.04. The second-order valence-electron chi connectivity index (χ2n) is 8.35. The zero-order valence-corrected chi connectivity index (χ0v) is 18.5. The quantitative estimate of drug-likeness (QED) is 0.530. The van der Waals surface area contributed by atoms with E-state index in [2.05, 4.69) is 15.6 Å². The monoisotopic (exact) mass is 434 g/mol. The van der Waals surface area contributed by atoms with Crippen LogP contribution in [-0.2, 0) is 11.4 Å². The summed E-state index contributed by atoms with van der Waals surface area (Å²) in [4.78, 5) is 29.1. The van der Waals surface area contributed by atoms with Gasteiger partial charge >= 0.3 is 0 Å². The van der Waals surface area contributed by atoms with Gasteiger partial charge in [-0.2, -0.15) is 0 Å². The van der Waals surface area contributed by atoms with Crippen molar-refractivity contribution in [2.45, 2.75) is 45.6 Å². The molecule has 0 aliphatic heterocycles. The Labute approximate surface area is 188 Å². The van der Waals surface area contributed by atoms with Gasteiger partial charge in [0, 0.05) is 37.0 Å². The standard InChI is InChI=1S/C25H30N4O3/c1-18-6-5-15-29-16-21(28-23(18)29)17-32-22-11-9-20(10-12-22)25(31)27-14-13-26-24(30)19-7-3-2-4-8-19/h5-6,9-12,15-16,19H,2-4,7-8,13-14,17H2,1H3,(H,26,30)(H,27,31). The number of amides is 2. The average molecular weight is 435 g/mol. The van der Waals surface area contributed by atoms with Crippen LogP contribution in [0.1, 0.15) is 53.7 Å². The maximum atomic E-state index is 12.3. The van der Waals surface area contributed by atoms with Gasteiger partial charge in [0.25, 0.3) is 5.91 Å². The highest BCUT2D eigenvalue weighted by Crippen LogP contribution is 2.23. The molecule has 2 aromatic heterocycles. The molecule has 2 N–H and O–H groups in total.